The fourth-order valence-corrected chi connectivity index (χ4v) is 10.4. The molecule has 1 aromatic heterocycles. The molecular formula is C59H66BNO2. The van der Waals surface area contributed by atoms with Gasteiger partial charge in [-0.2, -0.15) is 0 Å². The van der Waals surface area contributed by atoms with E-state index in [1.165, 1.54) is 95.3 Å². The van der Waals surface area contributed by atoms with Gasteiger partial charge in [0, 0.05) is 27.7 Å². The molecule has 4 heteroatoms. The molecule has 0 unspecified atom stereocenters. The van der Waals surface area contributed by atoms with Crippen LogP contribution in [0.5, 0.6) is 11.5 Å². The molecule has 7 aromatic rings. The predicted octanol–water partition coefficient (Wildman–Crippen LogP) is 14.6. The first-order chi connectivity index (χ1) is 29.4. The smallest absolute Gasteiger partial charge is 0.256 e. The number of hydrogen-bond acceptors (Lipinski definition) is 3. The van der Waals surface area contributed by atoms with Gasteiger partial charge < -0.3 is 14.1 Å². The van der Waals surface area contributed by atoms with Gasteiger partial charge in [-0.05, 0) is 138 Å². The zero-order valence-corrected chi connectivity index (χ0v) is 40.6. The molecule has 0 bridgehead atoms. The molecule has 6 aromatic carbocycles. The third kappa shape index (κ3) is 6.76. The Kier molecular flexibility index (Phi) is 9.05. The van der Waals surface area contributed by atoms with E-state index in [4.69, 9.17) is 9.15 Å². The van der Waals surface area contributed by atoms with E-state index >= 15 is 0 Å². The molecule has 3 heterocycles. The zero-order valence-electron chi connectivity index (χ0n) is 40.6. The van der Waals surface area contributed by atoms with Gasteiger partial charge in [0.05, 0.1) is 5.69 Å². The van der Waals surface area contributed by atoms with Crippen LogP contribution < -0.4 is 26.0 Å². The zero-order chi connectivity index (χ0) is 44.9. The third-order valence-electron chi connectivity index (χ3n) is 14.4. The molecule has 0 atom stereocenters. The first-order valence-corrected chi connectivity index (χ1v) is 23.5. The quantitative estimate of drug-likeness (QED) is 0.162. The number of rotatable bonds is 2. The van der Waals surface area contributed by atoms with Crippen molar-refractivity contribution in [2.45, 2.75) is 150 Å². The SMILES string of the molecule is CC(C)(C)c1cc(-c2cc(C(C)(C)C)ccc2N2c3ccc(C(C)(C)C)cc3B3c4ccc5c(oc6c7c(ccc65)CCC7)c4Oc4cc(C(C)(C)C)cc2c43)cc(C(C)(C)C)c1. The number of nitrogens with zero attached hydrogens (tertiary/aromatic N) is 1. The van der Waals surface area contributed by atoms with Crippen molar-refractivity contribution in [1.82, 2.24) is 0 Å². The number of benzene rings is 6. The van der Waals surface area contributed by atoms with Gasteiger partial charge in [0.25, 0.3) is 6.71 Å². The van der Waals surface area contributed by atoms with Crippen molar-refractivity contribution >= 4 is 62.1 Å². The molecule has 0 N–H and O–H groups in total. The van der Waals surface area contributed by atoms with Crippen molar-refractivity contribution in [1.29, 1.82) is 0 Å². The van der Waals surface area contributed by atoms with Crippen molar-refractivity contribution in [3.63, 3.8) is 0 Å². The fraction of sp³-hybridized carbons (Fsp3) is 0.390. The van der Waals surface area contributed by atoms with Crippen LogP contribution in [-0.4, -0.2) is 6.71 Å². The van der Waals surface area contributed by atoms with E-state index in [-0.39, 0.29) is 33.8 Å². The number of anilines is 3. The number of aryl methyl sites for hydroxylation is 2. The molecule has 3 nitrogen and oxygen atoms in total. The molecule has 2 aliphatic heterocycles. The van der Waals surface area contributed by atoms with Crippen LogP contribution in [0, 0.1) is 0 Å². The van der Waals surface area contributed by atoms with Gasteiger partial charge in [0.15, 0.2) is 11.3 Å². The average Bonchev–Trinajstić information content (AvgIpc) is 3.84. The molecule has 10 rings (SSSR count). The normalized spacial score (nSPS) is 15.1. The summed E-state index contributed by atoms with van der Waals surface area (Å²) in [5.41, 5.74) is 20.7. The van der Waals surface area contributed by atoms with Crippen LogP contribution in [0.4, 0.5) is 17.1 Å². The van der Waals surface area contributed by atoms with E-state index in [0.717, 1.165) is 40.9 Å². The van der Waals surface area contributed by atoms with Crippen LogP contribution in [0.3, 0.4) is 0 Å². The lowest BCUT2D eigenvalue weighted by Gasteiger charge is -2.42. The molecular weight excluding hydrogens is 765 g/mol. The maximum Gasteiger partial charge on any atom is 0.256 e. The molecule has 322 valence electrons. The highest BCUT2D eigenvalue weighted by Gasteiger charge is 2.45. The standard InChI is InChI=1S/C59H66BNO2/c1-55(2,3)36-20-25-47(44(30-36)35-27-38(57(7,8)9)29-39(28-35)58(10,11)12)61-48-26-21-37(56(4,5)6)31-46(48)60-45-24-23-43-42-22-19-34-17-16-18-41(34)52(42)63-53(43)54(45)62-50-33-40(59(13,14)15)32-49(61)51(50)60/h19-33H,16-18H2,1-15H3. The summed E-state index contributed by atoms with van der Waals surface area (Å²) < 4.78 is 14.4. The Labute approximate surface area is 377 Å². The first kappa shape index (κ1) is 41.8. The summed E-state index contributed by atoms with van der Waals surface area (Å²) in [5.74, 6) is 1.77. The van der Waals surface area contributed by atoms with Crippen molar-refractivity contribution in [3.8, 4) is 22.6 Å². The van der Waals surface area contributed by atoms with Gasteiger partial charge in [0.1, 0.15) is 11.3 Å². The second-order valence-electron chi connectivity index (χ2n) is 24.2. The average molecular weight is 832 g/mol. The van der Waals surface area contributed by atoms with Crippen LogP contribution in [0.25, 0.3) is 33.1 Å². The van der Waals surface area contributed by atoms with Gasteiger partial charge in [0.2, 0.25) is 0 Å². The van der Waals surface area contributed by atoms with Crippen LogP contribution in [-0.2, 0) is 39.9 Å². The maximum atomic E-state index is 7.38. The van der Waals surface area contributed by atoms with Crippen LogP contribution in [0.1, 0.15) is 149 Å². The number of furan rings is 1. The van der Waals surface area contributed by atoms with E-state index in [1.807, 2.05) is 0 Å². The van der Waals surface area contributed by atoms with E-state index in [0.29, 0.717) is 0 Å². The van der Waals surface area contributed by atoms with Crippen molar-refractivity contribution in [3.05, 3.63) is 130 Å². The summed E-state index contributed by atoms with van der Waals surface area (Å²) in [6.07, 6.45) is 3.36. The minimum absolute atomic E-state index is 0.0255. The van der Waals surface area contributed by atoms with Crippen LogP contribution in [0.2, 0.25) is 0 Å². The Bertz CT molecular complexity index is 3000. The maximum absolute atomic E-state index is 7.38. The lowest BCUT2D eigenvalue weighted by molar-refractivity contribution is 0.477. The predicted molar refractivity (Wildman–Crippen MR) is 271 cm³/mol. The van der Waals surface area contributed by atoms with Gasteiger partial charge in [-0.3, -0.25) is 0 Å². The summed E-state index contributed by atoms with van der Waals surface area (Å²) in [7, 11) is 0. The van der Waals surface area contributed by atoms with Crippen LogP contribution in [0.15, 0.2) is 95.4 Å². The number of fused-ring (bicyclic) bond motifs is 10. The monoisotopic (exact) mass is 832 g/mol. The van der Waals surface area contributed by atoms with Crippen molar-refractivity contribution in [2.75, 3.05) is 4.90 Å². The van der Waals surface area contributed by atoms with Crippen molar-refractivity contribution in [2.24, 2.45) is 0 Å². The highest BCUT2D eigenvalue weighted by molar-refractivity contribution is 6.99. The molecule has 0 fully saturated rings. The molecule has 63 heavy (non-hydrogen) atoms. The van der Waals surface area contributed by atoms with E-state index in [1.54, 1.807) is 0 Å². The Hall–Kier alpha value is -5.22. The second-order valence-corrected chi connectivity index (χ2v) is 24.2. The minimum atomic E-state index is -0.139. The number of hydrogen-bond donors (Lipinski definition) is 0. The van der Waals surface area contributed by atoms with Crippen molar-refractivity contribution < 1.29 is 9.15 Å². The van der Waals surface area contributed by atoms with E-state index in [2.05, 4.69) is 200 Å². The van der Waals surface area contributed by atoms with Gasteiger partial charge in [-0.1, -0.05) is 165 Å². The molecule has 0 saturated heterocycles. The summed E-state index contributed by atoms with van der Waals surface area (Å²) >= 11 is 0. The van der Waals surface area contributed by atoms with Gasteiger partial charge in [-0.25, -0.2) is 0 Å². The van der Waals surface area contributed by atoms with Gasteiger partial charge >= 0.3 is 0 Å². The topological polar surface area (TPSA) is 25.6 Å². The summed E-state index contributed by atoms with van der Waals surface area (Å²) in [6.45, 7) is 34.9. The minimum Gasteiger partial charge on any atom is -0.454 e. The highest BCUT2D eigenvalue weighted by Crippen LogP contribution is 2.50. The molecule has 0 spiro atoms. The molecule has 0 amide bonds. The Morgan fingerprint density at radius 1 is 0.476 bits per heavy atom. The lowest BCUT2D eigenvalue weighted by Crippen LogP contribution is -2.59. The molecule has 0 saturated carbocycles. The fourth-order valence-electron chi connectivity index (χ4n) is 10.4. The van der Waals surface area contributed by atoms with E-state index in [9.17, 15) is 0 Å². The summed E-state index contributed by atoms with van der Waals surface area (Å²) in [5, 5.41) is 2.32. The summed E-state index contributed by atoms with van der Waals surface area (Å²) in [4.78, 5) is 2.59. The molecule has 3 aliphatic rings. The molecule has 1 aliphatic carbocycles. The van der Waals surface area contributed by atoms with E-state index < -0.39 is 0 Å². The Balaban J connectivity index is 1.30. The second kappa shape index (κ2) is 13.6. The first-order valence-electron chi connectivity index (χ1n) is 23.5. The Morgan fingerprint density at radius 3 is 1.68 bits per heavy atom. The lowest BCUT2D eigenvalue weighted by atomic mass is 9.34. The summed E-state index contributed by atoms with van der Waals surface area (Å²) in [6, 6.07) is 36.0. The molecule has 0 radical (unpaired) electrons. The third-order valence-corrected chi connectivity index (χ3v) is 14.4. The Morgan fingerprint density at radius 2 is 1.05 bits per heavy atom. The largest absolute Gasteiger partial charge is 0.454 e. The van der Waals surface area contributed by atoms with Gasteiger partial charge in [-0.15, -0.1) is 0 Å². The highest BCUT2D eigenvalue weighted by atomic mass is 16.5. The van der Waals surface area contributed by atoms with Crippen LogP contribution >= 0.6 is 0 Å². The number of ether oxygens (including phenoxy) is 1.